The Bertz CT molecular complexity index is 763. The van der Waals surface area contributed by atoms with E-state index in [1.54, 1.807) is 22.8 Å². The highest BCUT2D eigenvalue weighted by atomic mass is 16.6. The van der Waals surface area contributed by atoms with Crippen molar-refractivity contribution in [1.29, 1.82) is 0 Å². The van der Waals surface area contributed by atoms with Gasteiger partial charge in [0.15, 0.2) is 5.82 Å². The van der Waals surface area contributed by atoms with Crippen molar-refractivity contribution in [3.63, 3.8) is 0 Å². The molecule has 0 amide bonds. The molecule has 3 aromatic rings. The van der Waals surface area contributed by atoms with Gasteiger partial charge in [0, 0.05) is 23.9 Å². The number of fused-ring (bicyclic) bond motifs is 1. The monoisotopic (exact) mass is 255 g/mol. The predicted molar refractivity (Wildman–Crippen MR) is 69.5 cm³/mol. The third-order valence-electron chi connectivity index (χ3n) is 2.87. The van der Waals surface area contributed by atoms with Gasteiger partial charge in [0.1, 0.15) is 11.8 Å². The Labute approximate surface area is 107 Å². The molecule has 0 unspecified atom stereocenters. The van der Waals surface area contributed by atoms with Crippen LogP contribution in [0.2, 0.25) is 0 Å². The summed E-state index contributed by atoms with van der Waals surface area (Å²) in [4.78, 5) is 14.1. The summed E-state index contributed by atoms with van der Waals surface area (Å²) in [7, 11) is 0. The van der Waals surface area contributed by atoms with Gasteiger partial charge in [-0.25, -0.2) is 9.50 Å². The number of nitrogen functional groups attached to an aromatic ring is 1. The van der Waals surface area contributed by atoms with Crippen molar-refractivity contribution in [2.45, 2.75) is 0 Å². The normalized spacial score (nSPS) is 10.7. The Morgan fingerprint density at radius 2 is 1.95 bits per heavy atom. The minimum absolute atomic E-state index is 0.0523. The Morgan fingerprint density at radius 1 is 1.21 bits per heavy atom. The van der Waals surface area contributed by atoms with Crippen LogP contribution in [0.25, 0.3) is 16.6 Å². The average molecular weight is 255 g/mol. The molecule has 2 heterocycles. The van der Waals surface area contributed by atoms with Crippen LogP contribution in [0.4, 0.5) is 11.5 Å². The van der Waals surface area contributed by atoms with Crippen LogP contribution in [0.3, 0.4) is 0 Å². The lowest BCUT2D eigenvalue weighted by molar-refractivity contribution is -0.384. The number of nitro groups is 1. The van der Waals surface area contributed by atoms with Crippen LogP contribution in [0.5, 0.6) is 0 Å². The van der Waals surface area contributed by atoms with Gasteiger partial charge in [-0.3, -0.25) is 10.1 Å². The number of hydrogen-bond acceptors (Lipinski definition) is 5. The molecular weight excluding hydrogens is 246 g/mol. The lowest BCUT2D eigenvalue weighted by Crippen LogP contribution is -1.98. The zero-order valence-electron chi connectivity index (χ0n) is 9.72. The quantitative estimate of drug-likeness (QED) is 0.556. The minimum Gasteiger partial charge on any atom is -0.382 e. The molecule has 0 radical (unpaired) electrons. The SMILES string of the molecule is Nc1ncnn2ccc(-c3ccc([N+](=O)[O-])cc3)c12. The number of nitro benzene ring substituents is 1. The molecule has 19 heavy (non-hydrogen) atoms. The molecule has 0 aliphatic rings. The van der Waals surface area contributed by atoms with E-state index in [1.807, 2.05) is 6.07 Å². The Hall–Kier alpha value is -2.96. The van der Waals surface area contributed by atoms with E-state index in [9.17, 15) is 10.1 Å². The van der Waals surface area contributed by atoms with Gasteiger partial charge in [-0.1, -0.05) is 0 Å². The third-order valence-corrected chi connectivity index (χ3v) is 2.87. The van der Waals surface area contributed by atoms with Crippen molar-refractivity contribution in [2.75, 3.05) is 5.73 Å². The fraction of sp³-hybridized carbons (Fsp3) is 0. The summed E-state index contributed by atoms with van der Waals surface area (Å²) in [5, 5.41) is 14.7. The molecule has 2 aromatic heterocycles. The first-order valence-corrected chi connectivity index (χ1v) is 5.49. The number of hydrogen-bond donors (Lipinski definition) is 1. The van der Waals surface area contributed by atoms with Gasteiger partial charge < -0.3 is 5.73 Å². The lowest BCUT2D eigenvalue weighted by atomic mass is 10.1. The topological polar surface area (TPSA) is 99.3 Å². The summed E-state index contributed by atoms with van der Waals surface area (Å²) in [6.45, 7) is 0. The predicted octanol–water partition coefficient (Wildman–Crippen LogP) is 1.89. The van der Waals surface area contributed by atoms with Gasteiger partial charge in [-0.2, -0.15) is 5.10 Å². The second kappa shape index (κ2) is 4.05. The molecule has 7 heteroatoms. The zero-order valence-corrected chi connectivity index (χ0v) is 9.72. The van der Waals surface area contributed by atoms with E-state index in [0.717, 1.165) is 11.1 Å². The molecule has 3 rings (SSSR count). The number of nitrogens with two attached hydrogens (primary N) is 1. The first-order chi connectivity index (χ1) is 9.16. The van der Waals surface area contributed by atoms with Crippen molar-refractivity contribution in [3.8, 4) is 11.1 Å². The summed E-state index contributed by atoms with van der Waals surface area (Å²) < 4.78 is 1.62. The maximum absolute atomic E-state index is 10.6. The molecule has 2 N–H and O–H groups in total. The lowest BCUT2D eigenvalue weighted by Gasteiger charge is -2.02. The Kier molecular flexibility index (Phi) is 2.38. The number of anilines is 1. The summed E-state index contributed by atoms with van der Waals surface area (Å²) in [5.74, 6) is 0.369. The molecular formula is C12H9N5O2. The second-order valence-corrected chi connectivity index (χ2v) is 3.97. The molecule has 94 valence electrons. The van der Waals surface area contributed by atoms with Gasteiger partial charge >= 0.3 is 0 Å². The van der Waals surface area contributed by atoms with Crippen LogP contribution in [0.15, 0.2) is 42.9 Å². The maximum atomic E-state index is 10.6. The average Bonchev–Trinajstić information content (AvgIpc) is 2.84. The minimum atomic E-state index is -0.431. The molecule has 0 aliphatic carbocycles. The van der Waals surface area contributed by atoms with E-state index in [4.69, 9.17) is 5.73 Å². The number of benzene rings is 1. The molecule has 0 saturated heterocycles. The summed E-state index contributed by atoms with van der Waals surface area (Å²) in [5.41, 5.74) is 8.25. The molecule has 0 fully saturated rings. The Balaban J connectivity index is 2.16. The van der Waals surface area contributed by atoms with Crippen molar-refractivity contribution >= 4 is 17.0 Å². The molecule has 0 atom stereocenters. The van der Waals surface area contributed by atoms with Gasteiger partial charge in [0.05, 0.1) is 4.92 Å². The van der Waals surface area contributed by atoms with E-state index >= 15 is 0 Å². The molecule has 1 aromatic carbocycles. The maximum Gasteiger partial charge on any atom is 0.269 e. The number of aromatic nitrogens is 3. The first-order valence-electron chi connectivity index (χ1n) is 5.49. The van der Waals surface area contributed by atoms with Gasteiger partial charge in [0.25, 0.3) is 5.69 Å². The largest absolute Gasteiger partial charge is 0.382 e. The first kappa shape index (κ1) is 11.1. The van der Waals surface area contributed by atoms with E-state index in [2.05, 4.69) is 10.1 Å². The highest BCUT2D eigenvalue weighted by molar-refractivity contribution is 5.87. The van der Waals surface area contributed by atoms with Crippen LogP contribution in [-0.4, -0.2) is 19.5 Å². The van der Waals surface area contributed by atoms with Crippen LogP contribution in [0, 0.1) is 10.1 Å². The second-order valence-electron chi connectivity index (χ2n) is 3.97. The van der Waals surface area contributed by atoms with E-state index in [-0.39, 0.29) is 5.69 Å². The molecule has 0 spiro atoms. The fourth-order valence-corrected chi connectivity index (χ4v) is 1.97. The summed E-state index contributed by atoms with van der Waals surface area (Å²) >= 11 is 0. The van der Waals surface area contributed by atoms with Crippen molar-refractivity contribution in [2.24, 2.45) is 0 Å². The van der Waals surface area contributed by atoms with Crippen LogP contribution >= 0.6 is 0 Å². The van der Waals surface area contributed by atoms with E-state index in [1.165, 1.54) is 18.5 Å². The Morgan fingerprint density at radius 3 is 2.63 bits per heavy atom. The molecule has 0 saturated carbocycles. The van der Waals surface area contributed by atoms with E-state index < -0.39 is 4.92 Å². The summed E-state index contributed by atoms with van der Waals surface area (Å²) in [6.07, 6.45) is 3.14. The fourth-order valence-electron chi connectivity index (χ4n) is 1.97. The molecule has 7 nitrogen and oxygen atoms in total. The number of nitrogens with zero attached hydrogens (tertiary/aromatic N) is 4. The molecule has 0 bridgehead atoms. The standard InChI is InChI=1S/C12H9N5O2/c13-12-11-10(5-6-16(11)15-7-14-12)8-1-3-9(4-2-8)17(18)19/h1-7H,(H2,13,14,15). The van der Waals surface area contributed by atoms with Crippen molar-refractivity contribution < 1.29 is 4.92 Å². The smallest absolute Gasteiger partial charge is 0.269 e. The highest BCUT2D eigenvalue weighted by Crippen LogP contribution is 2.29. The van der Waals surface area contributed by atoms with Gasteiger partial charge in [0.2, 0.25) is 0 Å². The molecule has 0 aliphatic heterocycles. The number of rotatable bonds is 2. The van der Waals surface area contributed by atoms with Crippen molar-refractivity contribution in [1.82, 2.24) is 14.6 Å². The van der Waals surface area contributed by atoms with Gasteiger partial charge in [-0.15, -0.1) is 0 Å². The zero-order chi connectivity index (χ0) is 13.4. The summed E-state index contributed by atoms with van der Waals surface area (Å²) in [6, 6.07) is 8.12. The van der Waals surface area contributed by atoms with Crippen molar-refractivity contribution in [3.05, 3.63) is 53.0 Å². The highest BCUT2D eigenvalue weighted by Gasteiger charge is 2.11. The third kappa shape index (κ3) is 1.77. The van der Waals surface area contributed by atoms with Crippen LogP contribution < -0.4 is 5.73 Å². The van der Waals surface area contributed by atoms with E-state index in [0.29, 0.717) is 11.3 Å². The van der Waals surface area contributed by atoms with Gasteiger partial charge in [-0.05, 0) is 23.8 Å². The van der Waals surface area contributed by atoms with Crippen LogP contribution in [0.1, 0.15) is 0 Å². The number of non-ortho nitro benzene ring substituents is 1. The van der Waals surface area contributed by atoms with Crippen LogP contribution in [-0.2, 0) is 0 Å².